The molecule has 2 heteroatoms. The van der Waals surface area contributed by atoms with Crippen molar-refractivity contribution < 1.29 is 4.42 Å². The first-order chi connectivity index (χ1) is 8.85. The van der Waals surface area contributed by atoms with Crippen molar-refractivity contribution >= 4 is 0 Å². The summed E-state index contributed by atoms with van der Waals surface area (Å²) in [6.07, 6.45) is 2.17. The summed E-state index contributed by atoms with van der Waals surface area (Å²) in [7, 11) is 0. The molecule has 0 saturated carbocycles. The fourth-order valence-corrected chi connectivity index (χ4v) is 2.08. The number of benzene rings is 1. The Bertz CT molecular complexity index is 487. The maximum Gasteiger partial charge on any atom is 0.134 e. The minimum absolute atomic E-state index is 0.808. The van der Waals surface area contributed by atoms with Crippen LogP contribution in [0.5, 0.6) is 0 Å². The van der Waals surface area contributed by atoms with Crippen LogP contribution in [0.4, 0.5) is 0 Å². The van der Waals surface area contributed by atoms with Gasteiger partial charge in [0, 0.05) is 5.56 Å². The fraction of sp³-hybridized carbons (Fsp3) is 0.375. The van der Waals surface area contributed by atoms with E-state index in [2.05, 4.69) is 55.6 Å². The molecule has 0 atom stereocenters. The van der Waals surface area contributed by atoms with E-state index in [4.69, 9.17) is 4.42 Å². The van der Waals surface area contributed by atoms with Gasteiger partial charge in [-0.2, -0.15) is 0 Å². The summed E-state index contributed by atoms with van der Waals surface area (Å²) in [5, 5.41) is 3.35. The van der Waals surface area contributed by atoms with Crippen LogP contribution >= 0.6 is 0 Å². The van der Waals surface area contributed by atoms with Crippen LogP contribution in [0.15, 0.2) is 40.8 Å². The average molecular weight is 243 g/mol. The van der Waals surface area contributed by atoms with E-state index >= 15 is 0 Å². The Morgan fingerprint density at radius 2 is 1.89 bits per heavy atom. The SMILES string of the molecule is CCCNCc1ccc(-c2ccccc2CC)o1. The first kappa shape index (κ1) is 12.9. The predicted molar refractivity (Wildman–Crippen MR) is 75.5 cm³/mol. The third-order valence-corrected chi connectivity index (χ3v) is 3.05. The van der Waals surface area contributed by atoms with Gasteiger partial charge in [0.2, 0.25) is 0 Å². The highest BCUT2D eigenvalue weighted by molar-refractivity contribution is 5.62. The van der Waals surface area contributed by atoms with E-state index in [0.717, 1.165) is 37.5 Å². The normalized spacial score (nSPS) is 10.8. The molecule has 0 amide bonds. The zero-order valence-corrected chi connectivity index (χ0v) is 11.2. The lowest BCUT2D eigenvalue weighted by Gasteiger charge is -2.04. The number of hydrogen-bond donors (Lipinski definition) is 1. The predicted octanol–water partition coefficient (Wildman–Crippen LogP) is 4.01. The van der Waals surface area contributed by atoms with Crippen LogP contribution in [0.3, 0.4) is 0 Å². The van der Waals surface area contributed by atoms with Gasteiger partial charge < -0.3 is 9.73 Å². The van der Waals surface area contributed by atoms with Crippen molar-refractivity contribution in [1.29, 1.82) is 0 Å². The van der Waals surface area contributed by atoms with Crippen molar-refractivity contribution in [3.05, 3.63) is 47.7 Å². The quantitative estimate of drug-likeness (QED) is 0.775. The van der Waals surface area contributed by atoms with E-state index in [1.54, 1.807) is 0 Å². The smallest absolute Gasteiger partial charge is 0.134 e. The minimum atomic E-state index is 0.808. The van der Waals surface area contributed by atoms with Crippen molar-refractivity contribution in [2.24, 2.45) is 0 Å². The van der Waals surface area contributed by atoms with Crippen LogP contribution in [-0.4, -0.2) is 6.54 Å². The van der Waals surface area contributed by atoms with Crippen molar-refractivity contribution in [3.63, 3.8) is 0 Å². The van der Waals surface area contributed by atoms with E-state index in [1.165, 1.54) is 11.1 Å². The van der Waals surface area contributed by atoms with Gasteiger partial charge in [0.15, 0.2) is 0 Å². The molecule has 0 bridgehead atoms. The highest BCUT2D eigenvalue weighted by atomic mass is 16.3. The van der Waals surface area contributed by atoms with Crippen molar-refractivity contribution in [3.8, 4) is 11.3 Å². The molecule has 1 aromatic carbocycles. The van der Waals surface area contributed by atoms with Gasteiger partial charge in [-0.3, -0.25) is 0 Å². The molecule has 1 aromatic heterocycles. The van der Waals surface area contributed by atoms with Crippen molar-refractivity contribution in [2.75, 3.05) is 6.54 Å². The van der Waals surface area contributed by atoms with E-state index in [9.17, 15) is 0 Å². The molecule has 2 nitrogen and oxygen atoms in total. The topological polar surface area (TPSA) is 25.2 Å². The molecule has 0 radical (unpaired) electrons. The molecule has 0 spiro atoms. The molecule has 0 fully saturated rings. The number of furan rings is 1. The summed E-state index contributed by atoms with van der Waals surface area (Å²) in [6, 6.07) is 12.6. The summed E-state index contributed by atoms with van der Waals surface area (Å²) in [4.78, 5) is 0. The Labute approximate surface area is 109 Å². The number of aryl methyl sites for hydroxylation is 1. The van der Waals surface area contributed by atoms with Gasteiger partial charge in [-0.25, -0.2) is 0 Å². The molecule has 0 unspecified atom stereocenters. The Kier molecular flexibility index (Phi) is 4.59. The van der Waals surface area contributed by atoms with Gasteiger partial charge in [0.25, 0.3) is 0 Å². The molecule has 0 aliphatic heterocycles. The second-order valence-corrected chi connectivity index (χ2v) is 4.45. The summed E-state index contributed by atoms with van der Waals surface area (Å²) in [5.41, 5.74) is 2.54. The van der Waals surface area contributed by atoms with Crippen LogP contribution in [0.2, 0.25) is 0 Å². The Hall–Kier alpha value is -1.54. The zero-order valence-electron chi connectivity index (χ0n) is 11.2. The molecule has 2 rings (SSSR count). The highest BCUT2D eigenvalue weighted by Crippen LogP contribution is 2.26. The second kappa shape index (κ2) is 6.41. The van der Waals surface area contributed by atoms with Crippen LogP contribution in [0.1, 0.15) is 31.6 Å². The molecule has 0 aliphatic rings. The van der Waals surface area contributed by atoms with E-state index < -0.39 is 0 Å². The first-order valence-corrected chi connectivity index (χ1v) is 6.72. The molecule has 2 aromatic rings. The van der Waals surface area contributed by atoms with Crippen molar-refractivity contribution in [2.45, 2.75) is 33.2 Å². The van der Waals surface area contributed by atoms with Gasteiger partial charge in [-0.1, -0.05) is 38.1 Å². The third kappa shape index (κ3) is 3.02. The molecule has 96 valence electrons. The molecular weight excluding hydrogens is 222 g/mol. The summed E-state index contributed by atoms with van der Waals surface area (Å²) >= 11 is 0. The van der Waals surface area contributed by atoms with Gasteiger partial charge >= 0.3 is 0 Å². The van der Waals surface area contributed by atoms with Crippen LogP contribution in [-0.2, 0) is 13.0 Å². The Morgan fingerprint density at radius 1 is 1.06 bits per heavy atom. The monoisotopic (exact) mass is 243 g/mol. The largest absolute Gasteiger partial charge is 0.460 e. The molecular formula is C16H21NO. The van der Waals surface area contributed by atoms with Crippen LogP contribution < -0.4 is 5.32 Å². The van der Waals surface area contributed by atoms with E-state index in [-0.39, 0.29) is 0 Å². The minimum Gasteiger partial charge on any atom is -0.460 e. The maximum absolute atomic E-state index is 5.90. The van der Waals surface area contributed by atoms with Crippen LogP contribution in [0.25, 0.3) is 11.3 Å². The molecule has 1 heterocycles. The molecule has 0 aliphatic carbocycles. The molecule has 1 N–H and O–H groups in total. The highest BCUT2D eigenvalue weighted by Gasteiger charge is 2.07. The summed E-state index contributed by atoms with van der Waals surface area (Å²) in [6.45, 7) is 6.17. The average Bonchev–Trinajstić information content (AvgIpc) is 2.88. The lowest BCUT2D eigenvalue weighted by atomic mass is 10.0. The Morgan fingerprint density at radius 3 is 2.67 bits per heavy atom. The first-order valence-electron chi connectivity index (χ1n) is 6.72. The van der Waals surface area contributed by atoms with Gasteiger partial charge in [0.05, 0.1) is 6.54 Å². The lowest BCUT2D eigenvalue weighted by molar-refractivity contribution is 0.493. The van der Waals surface area contributed by atoms with Crippen LogP contribution in [0, 0.1) is 0 Å². The third-order valence-electron chi connectivity index (χ3n) is 3.05. The van der Waals surface area contributed by atoms with Crippen molar-refractivity contribution in [1.82, 2.24) is 5.32 Å². The standard InChI is InChI=1S/C16H21NO/c1-3-11-17-12-14-9-10-16(18-14)15-8-6-5-7-13(15)4-2/h5-10,17H,3-4,11-12H2,1-2H3. The number of nitrogens with one attached hydrogen (secondary N) is 1. The maximum atomic E-state index is 5.90. The van der Waals surface area contributed by atoms with E-state index in [0.29, 0.717) is 0 Å². The van der Waals surface area contributed by atoms with Gasteiger partial charge in [0.1, 0.15) is 11.5 Å². The number of rotatable bonds is 6. The Balaban J connectivity index is 2.13. The molecule has 0 saturated heterocycles. The number of hydrogen-bond acceptors (Lipinski definition) is 2. The van der Waals surface area contributed by atoms with Gasteiger partial charge in [-0.05, 0) is 37.1 Å². The lowest BCUT2D eigenvalue weighted by Crippen LogP contribution is -2.12. The van der Waals surface area contributed by atoms with Gasteiger partial charge in [-0.15, -0.1) is 0 Å². The second-order valence-electron chi connectivity index (χ2n) is 4.45. The molecule has 18 heavy (non-hydrogen) atoms. The van der Waals surface area contributed by atoms with E-state index in [1.807, 2.05) is 0 Å². The fourth-order valence-electron chi connectivity index (χ4n) is 2.08. The summed E-state index contributed by atoms with van der Waals surface area (Å²) in [5.74, 6) is 1.98. The zero-order chi connectivity index (χ0) is 12.8. The summed E-state index contributed by atoms with van der Waals surface area (Å²) < 4.78 is 5.90.